The zero-order valence-electron chi connectivity index (χ0n) is 22.3. The number of aromatic hydroxyl groups is 1. The summed E-state index contributed by atoms with van der Waals surface area (Å²) in [7, 11) is 1.50. The average molecular weight is 541 g/mol. The molecular weight excluding hydrogens is 507 g/mol. The van der Waals surface area contributed by atoms with E-state index in [1.54, 1.807) is 18.3 Å². The number of ether oxygens (including phenoxy) is 3. The van der Waals surface area contributed by atoms with Crippen molar-refractivity contribution in [1.29, 1.82) is 0 Å². The standard InChI is InChI=1S/C28H33FN4O6/c1-28(2)16-38-11-9-32(28)14-20-15-33-23-22(24(34)21(27(33)36)26(35)30-8-10-37-3)31-13-18(25(23)39-20)12-17-4-6-19(29)7-5-17/h4-7,13,20,34H,8-12,14-16H2,1-3H3,(H,30,35)/t20-/m0/s1. The summed E-state index contributed by atoms with van der Waals surface area (Å²) in [6.07, 6.45) is 1.53. The molecule has 11 heteroatoms. The molecule has 2 aliphatic rings. The monoisotopic (exact) mass is 540 g/mol. The highest BCUT2D eigenvalue weighted by Gasteiger charge is 2.36. The molecule has 1 aromatic carbocycles. The van der Waals surface area contributed by atoms with Crippen molar-refractivity contribution < 1.29 is 28.5 Å². The Morgan fingerprint density at radius 2 is 2.08 bits per heavy atom. The predicted octanol–water partition coefficient (Wildman–Crippen LogP) is 2.08. The quantitative estimate of drug-likeness (QED) is 0.418. The molecule has 208 valence electrons. The first-order valence-electron chi connectivity index (χ1n) is 13.0. The third kappa shape index (κ3) is 5.34. The SMILES string of the molecule is COCCNC(=O)c1c(O)c2ncc(Cc3ccc(F)cc3)c3c2n(c1=O)C[C@H](CN1CCOCC1(C)C)O3. The van der Waals surface area contributed by atoms with E-state index in [0.29, 0.717) is 49.6 Å². The average Bonchev–Trinajstić information content (AvgIpc) is 2.90. The lowest BCUT2D eigenvalue weighted by Gasteiger charge is -2.44. The van der Waals surface area contributed by atoms with Crippen molar-refractivity contribution in [2.24, 2.45) is 0 Å². The van der Waals surface area contributed by atoms with Crippen molar-refractivity contribution in [3.63, 3.8) is 0 Å². The number of pyridine rings is 2. The minimum atomic E-state index is -0.698. The molecule has 2 aliphatic heterocycles. The maximum absolute atomic E-state index is 13.7. The van der Waals surface area contributed by atoms with E-state index in [9.17, 15) is 19.1 Å². The van der Waals surface area contributed by atoms with Crippen LogP contribution in [0.2, 0.25) is 0 Å². The van der Waals surface area contributed by atoms with Gasteiger partial charge in [-0.15, -0.1) is 0 Å². The van der Waals surface area contributed by atoms with Gasteiger partial charge in [0.1, 0.15) is 28.5 Å². The smallest absolute Gasteiger partial charge is 0.268 e. The molecule has 0 unspecified atom stereocenters. The Kier molecular flexibility index (Phi) is 7.57. The van der Waals surface area contributed by atoms with E-state index in [2.05, 4.69) is 29.0 Å². The Labute approximate surface area is 225 Å². The Morgan fingerprint density at radius 3 is 2.79 bits per heavy atom. The molecule has 4 heterocycles. The van der Waals surface area contributed by atoms with Gasteiger partial charge in [0.25, 0.3) is 11.5 Å². The van der Waals surface area contributed by atoms with E-state index in [1.165, 1.54) is 23.8 Å². The number of nitrogens with one attached hydrogen (secondary N) is 1. The van der Waals surface area contributed by atoms with Crippen LogP contribution in [0.1, 0.15) is 35.3 Å². The molecule has 2 aromatic heterocycles. The lowest BCUT2D eigenvalue weighted by molar-refractivity contribution is -0.0657. The zero-order valence-corrected chi connectivity index (χ0v) is 22.3. The van der Waals surface area contributed by atoms with Gasteiger partial charge in [0.15, 0.2) is 11.5 Å². The number of hydrogen-bond acceptors (Lipinski definition) is 8. The van der Waals surface area contributed by atoms with Crippen LogP contribution in [0.3, 0.4) is 0 Å². The number of nitrogens with zero attached hydrogens (tertiary/aromatic N) is 3. The van der Waals surface area contributed by atoms with Crippen LogP contribution in [0.15, 0.2) is 35.3 Å². The number of carbonyl (C=O) groups is 1. The maximum atomic E-state index is 13.7. The van der Waals surface area contributed by atoms with Gasteiger partial charge in [-0.25, -0.2) is 4.39 Å². The summed E-state index contributed by atoms with van der Waals surface area (Å²) in [5.74, 6) is -1.11. The topological polar surface area (TPSA) is 115 Å². The zero-order chi connectivity index (χ0) is 27.7. The second kappa shape index (κ2) is 10.9. The summed E-state index contributed by atoms with van der Waals surface area (Å²) < 4.78 is 32.2. The number of amides is 1. The van der Waals surface area contributed by atoms with E-state index in [0.717, 1.165) is 5.56 Å². The van der Waals surface area contributed by atoms with Gasteiger partial charge in [0.05, 0.1) is 26.4 Å². The fourth-order valence-electron chi connectivity index (χ4n) is 5.19. The Balaban J connectivity index is 1.59. The van der Waals surface area contributed by atoms with Gasteiger partial charge in [-0.3, -0.25) is 24.0 Å². The molecule has 39 heavy (non-hydrogen) atoms. The minimum Gasteiger partial charge on any atom is -0.505 e. The molecular formula is C28H33FN4O6. The summed E-state index contributed by atoms with van der Waals surface area (Å²) in [6, 6.07) is 6.13. The lowest BCUT2D eigenvalue weighted by Crippen LogP contribution is -2.56. The van der Waals surface area contributed by atoms with Crippen molar-refractivity contribution in [1.82, 2.24) is 19.8 Å². The number of methoxy groups -OCH3 is 1. The highest BCUT2D eigenvalue weighted by atomic mass is 19.1. The first-order chi connectivity index (χ1) is 18.7. The molecule has 5 rings (SSSR count). The number of benzene rings is 1. The third-order valence-electron chi connectivity index (χ3n) is 7.31. The van der Waals surface area contributed by atoms with Crippen LogP contribution < -0.4 is 15.6 Å². The number of halogens is 1. The molecule has 1 atom stereocenters. The van der Waals surface area contributed by atoms with Crippen molar-refractivity contribution >= 4 is 16.9 Å². The predicted molar refractivity (Wildman–Crippen MR) is 142 cm³/mol. The number of carbonyl (C=O) groups excluding carboxylic acids is 1. The molecule has 2 N–H and O–H groups in total. The summed E-state index contributed by atoms with van der Waals surface area (Å²) in [4.78, 5) is 33.4. The summed E-state index contributed by atoms with van der Waals surface area (Å²) in [5.41, 5.74) is 0.754. The number of hydrogen-bond donors (Lipinski definition) is 2. The molecule has 1 fully saturated rings. The van der Waals surface area contributed by atoms with Crippen LogP contribution in [0.5, 0.6) is 11.5 Å². The largest absolute Gasteiger partial charge is 0.505 e. The lowest BCUT2D eigenvalue weighted by atomic mass is 10.0. The van der Waals surface area contributed by atoms with E-state index in [1.807, 2.05) is 0 Å². The summed E-state index contributed by atoms with van der Waals surface area (Å²) in [5, 5.41) is 13.7. The van der Waals surface area contributed by atoms with Crippen molar-refractivity contribution in [3.8, 4) is 11.5 Å². The fraction of sp³-hybridized carbons (Fsp3) is 0.464. The number of rotatable bonds is 8. The van der Waals surface area contributed by atoms with Gasteiger partial charge in [0, 0.05) is 50.5 Å². The Hall–Kier alpha value is -3.54. The van der Waals surface area contributed by atoms with Gasteiger partial charge < -0.3 is 24.6 Å². The molecule has 3 aromatic rings. The van der Waals surface area contributed by atoms with Gasteiger partial charge in [-0.05, 0) is 31.5 Å². The molecule has 0 aliphatic carbocycles. The second-order valence-electron chi connectivity index (χ2n) is 10.6. The Morgan fingerprint density at radius 1 is 1.31 bits per heavy atom. The Bertz CT molecular complexity index is 1440. The van der Waals surface area contributed by atoms with Gasteiger partial charge in [0.2, 0.25) is 0 Å². The highest BCUT2D eigenvalue weighted by Crippen LogP contribution is 2.38. The molecule has 0 bridgehead atoms. The van der Waals surface area contributed by atoms with Gasteiger partial charge in [-0.2, -0.15) is 0 Å². The molecule has 10 nitrogen and oxygen atoms in total. The van der Waals surface area contributed by atoms with Crippen LogP contribution in [-0.4, -0.2) is 83.7 Å². The first kappa shape index (κ1) is 27.0. The van der Waals surface area contributed by atoms with Crippen LogP contribution in [0.25, 0.3) is 11.0 Å². The fourth-order valence-corrected chi connectivity index (χ4v) is 5.19. The number of morpholine rings is 1. The molecule has 0 spiro atoms. The normalized spacial score (nSPS) is 18.6. The third-order valence-corrected chi connectivity index (χ3v) is 7.31. The number of aromatic nitrogens is 2. The van der Waals surface area contributed by atoms with Crippen molar-refractivity contribution in [2.45, 2.75) is 38.5 Å². The van der Waals surface area contributed by atoms with Crippen LogP contribution in [0, 0.1) is 5.82 Å². The highest BCUT2D eigenvalue weighted by molar-refractivity contribution is 6.02. The molecule has 1 amide bonds. The van der Waals surface area contributed by atoms with Crippen LogP contribution in [-0.2, 0) is 22.4 Å². The van der Waals surface area contributed by atoms with Crippen molar-refractivity contribution in [2.75, 3.05) is 46.6 Å². The van der Waals surface area contributed by atoms with Crippen LogP contribution in [0.4, 0.5) is 4.39 Å². The minimum absolute atomic E-state index is 0.106. The van der Waals surface area contributed by atoms with Crippen molar-refractivity contribution in [3.05, 3.63) is 63.3 Å². The van der Waals surface area contributed by atoms with Crippen LogP contribution >= 0.6 is 0 Å². The van der Waals surface area contributed by atoms with E-state index in [4.69, 9.17) is 14.2 Å². The van der Waals surface area contributed by atoms with E-state index in [-0.39, 0.29) is 42.1 Å². The first-order valence-corrected chi connectivity index (χ1v) is 13.0. The van der Waals surface area contributed by atoms with Gasteiger partial charge >= 0.3 is 0 Å². The van der Waals surface area contributed by atoms with E-state index >= 15 is 0 Å². The maximum Gasteiger partial charge on any atom is 0.268 e. The summed E-state index contributed by atoms with van der Waals surface area (Å²) >= 11 is 0. The molecule has 0 radical (unpaired) electrons. The molecule has 0 saturated carbocycles. The van der Waals surface area contributed by atoms with E-state index < -0.39 is 23.3 Å². The summed E-state index contributed by atoms with van der Waals surface area (Å²) in [6.45, 7) is 7.22. The van der Waals surface area contributed by atoms with Gasteiger partial charge in [-0.1, -0.05) is 12.1 Å². The second-order valence-corrected chi connectivity index (χ2v) is 10.6. The molecule has 1 saturated heterocycles.